The quantitative estimate of drug-likeness (QED) is 0.793. The van der Waals surface area contributed by atoms with Crippen LogP contribution in [0.3, 0.4) is 0 Å². The molecule has 4 N–H and O–H groups in total. The Morgan fingerprint density at radius 1 is 1.22 bits per heavy atom. The van der Waals surface area contributed by atoms with Crippen LogP contribution in [-0.2, 0) is 6.61 Å². The number of carbonyl (C=O) groups is 1. The summed E-state index contributed by atoms with van der Waals surface area (Å²) in [6.45, 7) is 0.326. The van der Waals surface area contributed by atoms with E-state index in [-0.39, 0.29) is 0 Å². The number of benzene rings is 1. The Labute approximate surface area is 104 Å². The number of nitrogen functional groups attached to an aromatic ring is 1. The summed E-state index contributed by atoms with van der Waals surface area (Å²) in [4.78, 5) is 15.1. The first kappa shape index (κ1) is 11.9. The summed E-state index contributed by atoms with van der Waals surface area (Å²) >= 11 is 0. The largest absolute Gasteiger partial charge is 0.488 e. The zero-order chi connectivity index (χ0) is 13.0. The van der Waals surface area contributed by atoms with Crippen molar-refractivity contribution < 1.29 is 9.53 Å². The Hall–Kier alpha value is -2.56. The molecule has 5 nitrogen and oxygen atoms in total. The highest BCUT2D eigenvalue weighted by molar-refractivity contribution is 5.96. The molecule has 1 aromatic carbocycles. The summed E-state index contributed by atoms with van der Waals surface area (Å²) < 4.78 is 5.56. The zero-order valence-corrected chi connectivity index (χ0v) is 9.67. The molecular formula is C13H13N3O2. The smallest absolute Gasteiger partial charge is 0.252 e. The lowest BCUT2D eigenvalue weighted by Crippen LogP contribution is -2.13. The number of aromatic nitrogens is 1. The van der Waals surface area contributed by atoms with Crippen molar-refractivity contribution in [3.05, 3.63) is 53.9 Å². The van der Waals surface area contributed by atoms with Gasteiger partial charge in [0.1, 0.15) is 12.4 Å². The summed E-state index contributed by atoms with van der Waals surface area (Å²) in [5.41, 5.74) is 12.7. The van der Waals surface area contributed by atoms with Gasteiger partial charge < -0.3 is 16.2 Å². The maximum absolute atomic E-state index is 11.2. The fraction of sp³-hybridized carbons (Fsp3) is 0.0769. The molecule has 5 heteroatoms. The minimum atomic E-state index is -0.542. The minimum absolute atomic E-state index is 0.318. The predicted octanol–water partition coefficient (Wildman–Crippen LogP) is 1.34. The molecule has 0 bridgehead atoms. The van der Waals surface area contributed by atoms with Crippen LogP contribution in [0.25, 0.3) is 0 Å². The molecular weight excluding hydrogens is 230 g/mol. The normalized spacial score (nSPS) is 10.0. The molecule has 0 atom stereocenters. The summed E-state index contributed by atoms with van der Waals surface area (Å²) in [5, 5.41) is 0. The van der Waals surface area contributed by atoms with Crippen molar-refractivity contribution in [1.82, 2.24) is 4.98 Å². The topological polar surface area (TPSA) is 91.2 Å². The van der Waals surface area contributed by atoms with Crippen LogP contribution >= 0.6 is 0 Å². The first-order valence-corrected chi connectivity index (χ1v) is 5.38. The van der Waals surface area contributed by atoms with Crippen LogP contribution < -0.4 is 16.2 Å². The van der Waals surface area contributed by atoms with Crippen LogP contribution in [0.15, 0.2) is 42.7 Å². The van der Waals surface area contributed by atoms with E-state index in [1.54, 1.807) is 30.6 Å². The van der Waals surface area contributed by atoms with Crippen molar-refractivity contribution in [3.63, 3.8) is 0 Å². The summed E-state index contributed by atoms with van der Waals surface area (Å²) in [6, 6.07) is 8.41. The molecule has 92 valence electrons. The maximum Gasteiger partial charge on any atom is 0.252 e. The summed E-state index contributed by atoms with van der Waals surface area (Å²) in [6.07, 6.45) is 3.35. The average Bonchev–Trinajstić information content (AvgIpc) is 2.37. The monoisotopic (exact) mass is 243 g/mol. The van der Waals surface area contributed by atoms with Crippen molar-refractivity contribution in [2.45, 2.75) is 6.61 Å². The summed E-state index contributed by atoms with van der Waals surface area (Å²) in [5.74, 6) is -0.154. The second-order valence-electron chi connectivity index (χ2n) is 3.76. The van der Waals surface area contributed by atoms with Gasteiger partial charge in [0.2, 0.25) is 0 Å². The van der Waals surface area contributed by atoms with Crippen molar-refractivity contribution >= 4 is 11.6 Å². The lowest BCUT2D eigenvalue weighted by Gasteiger charge is -2.10. The highest BCUT2D eigenvalue weighted by atomic mass is 16.5. The second kappa shape index (κ2) is 5.18. The van der Waals surface area contributed by atoms with E-state index in [9.17, 15) is 4.79 Å². The molecule has 2 rings (SSSR count). The van der Waals surface area contributed by atoms with E-state index in [2.05, 4.69) is 4.98 Å². The number of carbonyl (C=O) groups excluding carboxylic acids is 1. The van der Waals surface area contributed by atoms with Crippen LogP contribution in [0.5, 0.6) is 5.75 Å². The van der Waals surface area contributed by atoms with E-state index in [0.29, 0.717) is 23.6 Å². The number of hydrogen-bond acceptors (Lipinski definition) is 4. The van der Waals surface area contributed by atoms with Gasteiger partial charge in [-0.1, -0.05) is 0 Å². The fourth-order valence-electron chi connectivity index (χ4n) is 1.50. The highest BCUT2D eigenvalue weighted by Gasteiger charge is 2.09. The van der Waals surface area contributed by atoms with Crippen LogP contribution in [0, 0.1) is 0 Å². The number of ether oxygens (including phenoxy) is 1. The number of primary amides is 1. The second-order valence-corrected chi connectivity index (χ2v) is 3.76. The molecule has 0 aliphatic heterocycles. The molecule has 1 aromatic heterocycles. The van der Waals surface area contributed by atoms with E-state index in [4.69, 9.17) is 16.2 Å². The van der Waals surface area contributed by atoms with E-state index >= 15 is 0 Å². The van der Waals surface area contributed by atoms with Gasteiger partial charge in [-0.15, -0.1) is 0 Å². The van der Waals surface area contributed by atoms with Crippen LogP contribution in [0.2, 0.25) is 0 Å². The Balaban J connectivity index is 2.18. The third-order valence-electron chi connectivity index (χ3n) is 2.41. The van der Waals surface area contributed by atoms with Crippen molar-refractivity contribution in [2.75, 3.05) is 5.73 Å². The Morgan fingerprint density at radius 3 is 2.61 bits per heavy atom. The molecule has 0 aliphatic carbocycles. The van der Waals surface area contributed by atoms with Crippen LogP contribution in [0.4, 0.5) is 5.69 Å². The number of amides is 1. The molecule has 0 radical (unpaired) electrons. The first-order chi connectivity index (χ1) is 8.66. The van der Waals surface area contributed by atoms with Crippen molar-refractivity contribution in [1.29, 1.82) is 0 Å². The fourth-order valence-corrected chi connectivity index (χ4v) is 1.50. The molecule has 1 amide bonds. The predicted molar refractivity (Wildman–Crippen MR) is 67.9 cm³/mol. The first-order valence-electron chi connectivity index (χ1n) is 5.38. The van der Waals surface area contributed by atoms with Gasteiger partial charge in [-0.3, -0.25) is 9.78 Å². The van der Waals surface area contributed by atoms with Gasteiger partial charge in [0.05, 0.1) is 5.56 Å². The molecule has 0 saturated carbocycles. The minimum Gasteiger partial charge on any atom is -0.488 e. The Kier molecular flexibility index (Phi) is 3.43. The molecule has 0 unspecified atom stereocenters. The van der Waals surface area contributed by atoms with Gasteiger partial charge >= 0.3 is 0 Å². The van der Waals surface area contributed by atoms with Gasteiger partial charge in [0, 0.05) is 24.1 Å². The molecule has 0 aliphatic rings. The number of pyridine rings is 1. The average molecular weight is 243 g/mol. The van der Waals surface area contributed by atoms with E-state index in [1.165, 1.54) is 0 Å². The lowest BCUT2D eigenvalue weighted by molar-refractivity contribution is 0.0996. The molecule has 0 fully saturated rings. The molecule has 2 aromatic rings. The van der Waals surface area contributed by atoms with Crippen LogP contribution in [0.1, 0.15) is 15.9 Å². The molecule has 1 heterocycles. The van der Waals surface area contributed by atoms with Gasteiger partial charge in [-0.05, 0) is 29.8 Å². The van der Waals surface area contributed by atoms with Gasteiger partial charge in [0.25, 0.3) is 5.91 Å². The van der Waals surface area contributed by atoms with Crippen LogP contribution in [-0.4, -0.2) is 10.9 Å². The van der Waals surface area contributed by atoms with Crippen molar-refractivity contribution in [3.8, 4) is 5.75 Å². The Bertz CT molecular complexity index is 555. The van der Waals surface area contributed by atoms with E-state index < -0.39 is 5.91 Å². The van der Waals surface area contributed by atoms with Crippen molar-refractivity contribution in [2.24, 2.45) is 5.73 Å². The van der Waals surface area contributed by atoms with Gasteiger partial charge in [0.15, 0.2) is 0 Å². The molecule has 0 spiro atoms. The molecule has 18 heavy (non-hydrogen) atoms. The number of rotatable bonds is 4. The number of nitrogens with zero attached hydrogens (tertiary/aromatic N) is 1. The van der Waals surface area contributed by atoms with E-state index in [1.807, 2.05) is 12.1 Å². The number of hydrogen-bond donors (Lipinski definition) is 2. The third-order valence-corrected chi connectivity index (χ3v) is 2.41. The number of anilines is 1. The molecule has 0 saturated heterocycles. The number of nitrogens with two attached hydrogens (primary N) is 2. The zero-order valence-electron chi connectivity index (χ0n) is 9.67. The third kappa shape index (κ3) is 2.76. The highest BCUT2D eigenvalue weighted by Crippen LogP contribution is 2.22. The summed E-state index contributed by atoms with van der Waals surface area (Å²) in [7, 11) is 0. The SMILES string of the molecule is NC(=O)c1ccc(N)cc1OCc1ccncc1. The maximum atomic E-state index is 11.2. The standard InChI is InChI=1S/C13H13N3O2/c14-10-1-2-11(13(15)17)12(7-10)18-8-9-3-5-16-6-4-9/h1-7H,8,14H2,(H2,15,17). The van der Waals surface area contributed by atoms with E-state index in [0.717, 1.165) is 5.56 Å². The Morgan fingerprint density at radius 2 is 1.94 bits per heavy atom. The lowest BCUT2D eigenvalue weighted by atomic mass is 10.1. The van der Waals surface area contributed by atoms with Gasteiger partial charge in [-0.25, -0.2) is 0 Å². The van der Waals surface area contributed by atoms with Gasteiger partial charge in [-0.2, -0.15) is 0 Å².